The molecule has 0 aliphatic heterocycles. The zero-order valence-corrected chi connectivity index (χ0v) is 22.6. The summed E-state index contributed by atoms with van der Waals surface area (Å²) in [5.41, 5.74) is 5.71. The van der Waals surface area contributed by atoms with E-state index in [0.29, 0.717) is 6.61 Å². The summed E-state index contributed by atoms with van der Waals surface area (Å²) in [7, 11) is 0. The van der Waals surface area contributed by atoms with Crippen LogP contribution in [0.5, 0.6) is 0 Å². The molecule has 1 aliphatic carbocycles. The first-order valence-electron chi connectivity index (χ1n) is 12.2. The Morgan fingerprint density at radius 2 is 1.86 bits per heavy atom. The van der Waals surface area contributed by atoms with Crippen LogP contribution in [0.4, 0.5) is 0 Å². The minimum atomic E-state index is -0.832. The van der Waals surface area contributed by atoms with Crippen LogP contribution >= 0.6 is 11.3 Å². The van der Waals surface area contributed by atoms with Gasteiger partial charge in [0.25, 0.3) is 0 Å². The monoisotopic (exact) mass is 489 g/mol. The van der Waals surface area contributed by atoms with Crippen molar-refractivity contribution in [3.63, 3.8) is 0 Å². The highest BCUT2D eigenvalue weighted by Gasteiger charge is 2.38. The zero-order chi connectivity index (χ0) is 25.4. The predicted molar refractivity (Wildman–Crippen MR) is 144 cm³/mol. The van der Waals surface area contributed by atoms with Crippen molar-refractivity contribution in [3.05, 3.63) is 82.0 Å². The van der Waals surface area contributed by atoms with E-state index in [-0.39, 0.29) is 11.4 Å². The number of rotatable bonds is 6. The van der Waals surface area contributed by atoms with Gasteiger partial charge in [0.15, 0.2) is 6.10 Å². The molecule has 0 fully saturated rings. The van der Waals surface area contributed by atoms with Gasteiger partial charge in [0.2, 0.25) is 0 Å². The van der Waals surface area contributed by atoms with Crippen LogP contribution in [-0.4, -0.2) is 23.2 Å². The van der Waals surface area contributed by atoms with Gasteiger partial charge in [-0.25, -0.2) is 4.79 Å². The standard InChI is InChI=1S/C30H35NO3S/c1-8-33-28(32)26(34-29(3,4)5)23-19(2)35-27(20-13-10-9-11-14-20)24(23)21-16-17-30(6,7)22-15-12-18-31-25(21)22/h9-16,18,26H,8,17H2,1-7H3. The van der Waals surface area contributed by atoms with E-state index < -0.39 is 11.7 Å². The molecule has 4 nitrogen and oxygen atoms in total. The second-order valence-electron chi connectivity index (χ2n) is 10.6. The molecule has 0 spiro atoms. The topological polar surface area (TPSA) is 48.4 Å². The number of carbonyl (C=O) groups is 1. The van der Waals surface area contributed by atoms with Gasteiger partial charge in [-0.3, -0.25) is 4.98 Å². The van der Waals surface area contributed by atoms with Gasteiger partial charge < -0.3 is 9.47 Å². The number of aryl methyl sites for hydroxylation is 1. The quantitative estimate of drug-likeness (QED) is 0.334. The molecule has 1 aromatic carbocycles. The normalized spacial score (nSPS) is 15.8. The Balaban J connectivity index is 2.02. The fourth-order valence-electron chi connectivity index (χ4n) is 4.68. The summed E-state index contributed by atoms with van der Waals surface area (Å²) in [6.07, 6.45) is 4.19. The lowest BCUT2D eigenvalue weighted by Crippen LogP contribution is -2.29. The fourth-order valence-corrected chi connectivity index (χ4v) is 5.88. The molecule has 2 aromatic heterocycles. The van der Waals surface area contributed by atoms with Crippen LogP contribution in [0.25, 0.3) is 16.0 Å². The highest BCUT2D eigenvalue weighted by Crippen LogP contribution is 2.49. The van der Waals surface area contributed by atoms with Crippen LogP contribution in [0.15, 0.2) is 54.7 Å². The van der Waals surface area contributed by atoms with Crippen molar-refractivity contribution in [1.82, 2.24) is 4.98 Å². The largest absolute Gasteiger partial charge is 0.464 e. The Morgan fingerprint density at radius 3 is 2.51 bits per heavy atom. The molecule has 3 aromatic rings. The lowest BCUT2D eigenvalue weighted by molar-refractivity contribution is -0.166. The van der Waals surface area contributed by atoms with Crippen molar-refractivity contribution in [2.45, 2.75) is 72.0 Å². The fraction of sp³-hybridized carbons (Fsp3) is 0.400. The number of ether oxygens (including phenoxy) is 2. The van der Waals surface area contributed by atoms with Crippen LogP contribution in [0.2, 0.25) is 0 Å². The van der Waals surface area contributed by atoms with Gasteiger partial charge >= 0.3 is 5.97 Å². The molecule has 4 rings (SSSR count). The van der Waals surface area contributed by atoms with Crippen LogP contribution < -0.4 is 0 Å². The zero-order valence-electron chi connectivity index (χ0n) is 21.8. The van der Waals surface area contributed by atoms with Crippen molar-refractivity contribution < 1.29 is 14.3 Å². The molecule has 2 heterocycles. The molecule has 5 heteroatoms. The second-order valence-corrected chi connectivity index (χ2v) is 11.8. The first-order valence-corrected chi connectivity index (χ1v) is 13.0. The summed E-state index contributed by atoms with van der Waals surface area (Å²) in [5.74, 6) is -0.359. The number of carbonyl (C=O) groups excluding carboxylic acids is 1. The van der Waals surface area contributed by atoms with Crippen LogP contribution in [0, 0.1) is 6.92 Å². The number of nitrogens with zero attached hydrogens (tertiary/aromatic N) is 1. The van der Waals surface area contributed by atoms with E-state index in [9.17, 15) is 4.79 Å². The smallest absolute Gasteiger partial charge is 0.340 e. The third-order valence-corrected chi connectivity index (χ3v) is 7.45. The number of hydrogen-bond acceptors (Lipinski definition) is 5. The first-order chi connectivity index (χ1) is 16.5. The van der Waals surface area contributed by atoms with Gasteiger partial charge in [-0.1, -0.05) is 56.3 Å². The summed E-state index contributed by atoms with van der Waals surface area (Å²) in [6, 6.07) is 14.5. The van der Waals surface area contributed by atoms with Crippen LogP contribution in [0.1, 0.15) is 81.3 Å². The number of pyridine rings is 1. The molecule has 1 unspecified atom stereocenters. The maximum atomic E-state index is 13.3. The third kappa shape index (κ3) is 5.12. The SMILES string of the molecule is CCOC(=O)C(OC(C)(C)C)c1c(C)sc(-c2ccccc2)c1C1=CCC(C)(C)c2cccnc21. The molecule has 0 saturated carbocycles. The molecule has 0 saturated heterocycles. The van der Waals surface area contributed by atoms with Gasteiger partial charge in [-0.05, 0) is 63.6 Å². The lowest BCUT2D eigenvalue weighted by atomic mass is 9.73. The summed E-state index contributed by atoms with van der Waals surface area (Å²) in [6.45, 7) is 14.6. The van der Waals surface area contributed by atoms with Gasteiger partial charge in [-0.2, -0.15) is 0 Å². The molecule has 0 radical (unpaired) electrons. The van der Waals surface area contributed by atoms with E-state index in [0.717, 1.165) is 44.1 Å². The second kappa shape index (κ2) is 9.71. The summed E-state index contributed by atoms with van der Waals surface area (Å²) >= 11 is 1.70. The Hall–Kier alpha value is -2.76. The average Bonchev–Trinajstić information content (AvgIpc) is 3.14. The highest BCUT2D eigenvalue weighted by atomic mass is 32.1. The number of aromatic nitrogens is 1. The molecule has 0 N–H and O–H groups in total. The highest BCUT2D eigenvalue weighted by molar-refractivity contribution is 7.16. The van der Waals surface area contributed by atoms with E-state index in [1.54, 1.807) is 11.3 Å². The molecule has 0 amide bonds. The predicted octanol–water partition coefficient (Wildman–Crippen LogP) is 7.65. The van der Waals surface area contributed by atoms with Crippen LogP contribution in [0.3, 0.4) is 0 Å². The van der Waals surface area contributed by atoms with Crippen molar-refractivity contribution in [1.29, 1.82) is 0 Å². The van der Waals surface area contributed by atoms with Gasteiger partial charge in [-0.15, -0.1) is 11.3 Å². The number of thiophene rings is 1. The van der Waals surface area contributed by atoms with Gasteiger partial charge in [0, 0.05) is 32.7 Å². The maximum absolute atomic E-state index is 13.3. The number of fused-ring (bicyclic) bond motifs is 1. The Labute approximate surface area is 213 Å². The maximum Gasteiger partial charge on any atom is 0.340 e. The molecular weight excluding hydrogens is 454 g/mol. The molecule has 0 bridgehead atoms. The minimum Gasteiger partial charge on any atom is -0.464 e. The summed E-state index contributed by atoms with van der Waals surface area (Å²) in [5, 5.41) is 0. The van der Waals surface area contributed by atoms with E-state index >= 15 is 0 Å². The average molecular weight is 490 g/mol. The third-order valence-electron chi connectivity index (χ3n) is 6.28. The van der Waals surface area contributed by atoms with Crippen molar-refractivity contribution in [2.24, 2.45) is 0 Å². The van der Waals surface area contributed by atoms with Crippen molar-refractivity contribution in [2.75, 3.05) is 6.61 Å². The van der Waals surface area contributed by atoms with Gasteiger partial charge in [0.05, 0.1) is 17.9 Å². The van der Waals surface area contributed by atoms with Crippen LogP contribution in [-0.2, 0) is 19.7 Å². The number of allylic oxidation sites excluding steroid dienone is 1. The number of hydrogen-bond donors (Lipinski definition) is 0. The van der Waals surface area contributed by atoms with Gasteiger partial charge in [0.1, 0.15) is 0 Å². The van der Waals surface area contributed by atoms with E-state index in [2.05, 4.69) is 45.0 Å². The van der Waals surface area contributed by atoms with E-state index in [1.165, 1.54) is 5.56 Å². The minimum absolute atomic E-state index is 0.0202. The Kier molecular flexibility index (Phi) is 7.03. The molecule has 1 atom stereocenters. The molecule has 35 heavy (non-hydrogen) atoms. The summed E-state index contributed by atoms with van der Waals surface area (Å²) in [4.78, 5) is 20.3. The van der Waals surface area contributed by atoms with Crippen molar-refractivity contribution >= 4 is 22.9 Å². The number of benzene rings is 1. The molecule has 1 aliphatic rings. The first kappa shape index (κ1) is 25.3. The number of esters is 1. The van der Waals surface area contributed by atoms with E-state index in [4.69, 9.17) is 14.5 Å². The van der Waals surface area contributed by atoms with Crippen molar-refractivity contribution in [3.8, 4) is 10.4 Å². The lowest BCUT2D eigenvalue weighted by Gasteiger charge is -2.32. The molecule has 184 valence electrons. The summed E-state index contributed by atoms with van der Waals surface area (Å²) < 4.78 is 11.9. The Bertz CT molecular complexity index is 1250. The van der Waals surface area contributed by atoms with E-state index in [1.807, 2.05) is 58.2 Å². The Morgan fingerprint density at radius 1 is 1.14 bits per heavy atom. The molecular formula is C30H35NO3S.